The van der Waals surface area contributed by atoms with E-state index in [1.165, 1.54) is 16.7 Å². The Kier molecular flexibility index (Phi) is 4.41. The molecule has 104 valence electrons. The average Bonchev–Trinajstić information content (AvgIpc) is 2.53. The van der Waals surface area contributed by atoms with Crippen LogP contribution in [0.25, 0.3) is 0 Å². The van der Waals surface area contributed by atoms with Gasteiger partial charge in [0, 0.05) is 4.83 Å². The molecule has 0 saturated carbocycles. The summed E-state index contributed by atoms with van der Waals surface area (Å²) in [6, 6.07) is 17.2. The monoisotopic (exact) mass is 330 g/mol. The van der Waals surface area contributed by atoms with Crippen molar-refractivity contribution in [2.24, 2.45) is 0 Å². The smallest absolute Gasteiger partial charge is 0.125 e. The van der Waals surface area contributed by atoms with Crippen LogP contribution in [0.4, 0.5) is 0 Å². The molecule has 3 rings (SSSR count). The van der Waals surface area contributed by atoms with Crippen LogP contribution in [0.2, 0.25) is 0 Å². The highest BCUT2D eigenvalue weighted by molar-refractivity contribution is 9.09. The summed E-state index contributed by atoms with van der Waals surface area (Å²) in [5.41, 5.74) is 4.07. The second-order valence-electron chi connectivity index (χ2n) is 5.27. The molecule has 0 N–H and O–H groups in total. The van der Waals surface area contributed by atoms with Gasteiger partial charge in [0.1, 0.15) is 5.75 Å². The summed E-state index contributed by atoms with van der Waals surface area (Å²) in [5, 5.41) is 0. The third-order valence-electron chi connectivity index (χ3n) is 3.84. The summed E-state index contributed by atoms with van der Waals surface area (Å²) >= 11 is 3.80. The van der Waals surface area contributed by atoms with E-state index in [2.05, 4.69) is 64.5 Å². The molecule has 0 aromatic heterocycles. The first-order chi connectivity index (χ1) is 9.84. The molecule has 1 aliphatic rings. The molecular formula is C18H19BrO. The van der Waals surface area contributed by atoms with Crippen LogP contribution in [0.15, 0.2) is 48.5 Å². The van der Waals surface area contributed by atoms with Gasteiger partial charge in [-0.2, -0.15) is 0 Å². The van der Waals surface area contributed by atoms with Crippen molar-refractivity contribution in [3.8, 4) is 5.75 Å². The summed E-state index contributed by atoms with van der Waals surface area (Å²) in [6.45, 7) is 0.862. The van der Waals surface area contributed by atoms with Gasteiger partial charge in [-0.05, 0) is 42.4 Å². The molecule has 0 saturated heterocycles. The highest BCUT2D eigenvalue weighted by Crippen LogP contribution is 2.33. The number of benzene rings is 2. The first-order valence-electron chi connectivity index (χ1n) is 7.27. The Morgan fingerprint density at radius 2 is 1.90 bits per heavy atom. The van der Waals surface area contributed by atoms with Crippen molar-refractivity contribution in [3.05, 3.63) is 65.2 Å². The molecule has 2 aromatic rings. The predicted molar refractivity (Wildman–Crippen MR) is 86.7 cm³/mol. The van der Waals surface area contributed by atoms with Crippen LogP contribution in [-0.4, -0.2) is 6.61 Å². The normalized spacial score (nSPS) is 15.2. The van der Waals surface area contributed by atoms with Crippen LogP contribution in [0.1, 0.15) is 34.4 Å². The zero-order chi connectivity index (χ0) is 13.8. The Balaban J connectivity index is 1.70. The molecule has 20 heavy (non-hydrogen) atoms. The number of aryl methyl sites for hydroxylation is 2. The van der Waals surface area contributed by atoms with E-state index in [0.29, 0.717) is 4.83 Å². The Hall–Kier alpha value is -1.28. The molecule has 1 unspecified atom stereocenters. The number of rotatable bonds is 4. The second kappa shape index (κ2) is 6.45. The molecule has 0 fully saturated rings. The van der Waals surface area contributed by atoms with Crippen LogP contribution in [0.3, 0.4) is 0 Å². The molecule has 1 atom stereocenters. The molecule has 0 radical (unpaired) electrons. The number of fused-ring (bicyclic) bond motifs is 1. The van der Waals surface area contributed by atoms with Crippen molar-refractivity contribution in [1.82, 2.24) is 0 Å². The molecule has 0 aliphatic carbocycles. The largest absolute Gasteiger partial charge is 0.493 e. The molecule has 1 heterocycles. The van der Waals surface area contributed by atoms with Crippen LogP contribution < -0.4 is 4.74 Å². The Morgan fingerprint density at radius 3 is 2.75 bits per heavy atom. The van der Waals surface area contributed by atoms with Gasteiger partial charge in [0.2, 0.25) is 0 Å². The summed E-state index contributed by atoms with van der Waals surface area (Å²) in [6.07, 6.45) is 4.43. The maximum atomic E-state index is 5.88. The number of ether oxygens (including phenoxy) is 1. The minimum atomic E-state index is 0.406. The van der Waals surface area contributed by atoms with E-state index < -0.39 is 0 Å². The molecule has 2 aromatic carbocycles. The fourth-order valence-electron chi connectivity index (χ4n) is 2.76. The van der Waals surface area contributed by atoms with E-state index in [0.717, 1.165) is 38.0 Å². The van der Waals surface area contributed by atoms with E-state index in [1.807, 2.05) is 0 Å². The van der Waals surface area contributed by atoms with E-state index in [1.54, 1.807) is 0 Å². The predicted octanol–water partition coefficient (Wildman–Crippen LogP) is 5.08. The quantitative estimate of drug-likeness (QED) is 0.710. The summed E-state index contributed by atoms with van der Waals surface area (Å²) in [5.74, 6) is 1.14. The zero-order valence-electron chi connectivity index (χ0n) is 11.5. The number of hydrogen-bond acceptors (Lipinski definition) is 1. The Morgan fingerprint density at radius 1 is 1.05 bits per heavy atom. The van der Waals surface area contributed by atoms with E-state index in [9.17, 15) is 0 Å². The molecule has 0 spiro atoms. The van der Waals surface area contributed by atoms with Gasteiger partial charge in [0.05, 0.1) is 6.61 Å². The molecule has 0 amide bonds. The summed E-state index contributed by atoms with van der Waals surface area (Å²) in [4.78, 5) is 0.406. The van der Waals surface area contributed by atoms with E-state index in [4.69, 9.17) is 4.74 Å². The van der Waals surface area contributed by atoms with E-state index >= 15 is 0 Å². The van der Waals surface area contributed by atoms with Crippen molar-refractivity contribution in [2.75, 3.05) is 6.61 Å². The number of hydrogen-bond donors (Lipinski definition) is 0. The van der Waals surface area contributed by atoms with Gasteiger partial charge in [-0.1, -0.05) is 64.5 Å². The number of alkyl halides is 1. The van der Waals surface area contributed by atoms with Gasteiger partial charge in [0.15, 0.2) is 0 Å². The molecule has 1 aliphatic heterocycles. The molecular weight excluding hydrogens is 312 g/mol. The maximum Gasteiger partial charge on any atom is 0.125 e. The second-order valence-corrected chi connectivity index (χ2v) is 6.38. The van der Waals surface area contributed by atoms with Gasteiger partial charge >= 0.3 is 0 Å². The number of halogens is 1. The van der Waals surface area contributed by atoms with E-state index in [-0.39, 0.29) is 0 Å². The lowest BCUT2D eigenvalue weighted by molar-refractivity contribution is 0.285. The van der Waals surface area contributed by atoms with Gasteiger partial charge < -0.3 is 4.74 Å². The highest BCUT2D eigenvalue weighted by atomic mass is 79.9. The molecule has 1 nitrogen and oxygen atoms in total. The SMILES string of the molecule is BrC(CCc1cccc2c1OCCC2)c1ccccc1. The fraction of sp³-hybridized carbons (Fsp3) is 0.333. The number of para-hydroxylation sites is 1. The average molecular weight is 331 g/mol. The van der Waals surface area contributed by atoms with Crippen molar-refractivity contribution in [3.63, 3.8) is 0 Å². The van der Waals surface area contributed by atoms with Crippen molar-refractivity contribution < 1.29 is 4.74 Å². The topological polar surface area (TPSA) is 9.23 Å². The molecule has 2 heteroatoms. The third-order valence-corrected chi connectivity index (χ3v) is 4.83. The van der Waals surface area contributed by atoms with Gasteiger partial charge in [-0.15, -0.1) is 0 Å². The fourth-order valence-corrected chi connectivity index (χ4v) is 3.30. The Bertz CT molecular complexity index is 565. The Labute approximate surface area is 129 Å². The highest BCUT2D eigenvalue weighted by Gasteiger charge is 2.15. The standard InChI is InChI=1S/C18H19BrO/c19-17(14-6-2-1-3-7-14)12-11-16-9-4-8-15-10-5-13-20-18(15)16/h1-4,6-9,17H,5,10-13H2. The van der Waals surface area contributed by atoms with Crippen LogP contribution in [-0.2, 0) is 12.8 Å². The minimum absolute atomic E-state index is 0.406. The van der Waals surface area contributed by atoms with Crippen LogP contribution in [0, 0.1) is 0 Å². The van der Waals surface area contributed by atoms with Crippen molar-refractivity contribution >= 4 is 15.9 Å². The van der Waals surface area contributed by atoms with Crippen molar-refractivity contribution in [1.29, 1.82) is 0 Å². The minimum Gasteiger partial charge on any atom is -0.493 e. The van der Waals surface area contributed by atoms with Crippen LogP contribution in [0.5, 0.6) is 5.75 Å². The van der Waals surface area contributed by atoms with Gasteiger partial charge in [0.25, 0.3) is 0 Å². The molecule has 0 bridgehead atoms. The zero-order valence-corrected chi connectivity index (χ0v) is 13.1. The van der Waals surface area contributed by atoms with Crippen molar-refractivity contribution in [2.45, 2.75) is 30.5 Å². The summed E-state index contributed by atoms with van der Waals surface area (Å²) in [7, 11) is 0. The maximum absolute atomic E-state index is 5.88. The lowest BCUT2D eigenvalue weighted by Gasteiger charge is -2.21. The first kappa shape index (κ1) is 13.7. The lowest BCUT2D eigenvalue weighted by Crippen LogP contribution is -2.10. The van der Waals surface area contributed by atoms with Gasteiger partial charge in [-0.25, -0.2) is 0 Å². The summed E-state index contributed by atoms with van der Waals surface area (Å²) < 4.78 is 5.88. The third kappa shape index (κ3) is 3.06. The van der Waals surface area contributed by atoms with Gasteiger partial charge in [-0.3, -0.25) is 0 Å². The first-order valence-corrected chi connectivity index (χ1v) is 8.19. The lowest BCUT2D eigenvalue weighted by atomic mass is 9.98. The van der Waals surface area contributed by atoms with Crippen LogP contribution >= 0.6 is 15.9 Å².